The minimum atomic E-state index is 0.421. The standard InChI is InChI=1S/C21H26N6/c1-14(2)18(27-10-9-15-5-3-4-6-16(15)12-27)11-23-20-17-7-8-19(22)26-21(17)25-13-24-20/h3-8,13-14,18H,9-12H2,1-2H3,(H3,22,23,24,25,26). The number of aromatic nitrogens is 3. The molecule has 0 bridgehead atoms. The van der Waals surface area contributed by atoms with Gasteiger partial charge in [-0.2, -0.15) is 0 Å². The molecule has 0 saturated heterocycles. The second-order valence-corrected chi connectivity index (χ2v) is 7.51. The number of fused-ring (bicyclic) bond motifs is 2. The first-order chi connectivity index (χ1) is 13.1. The molecule has 0 saturated carbocycles. The average Bonchev–Trinajstić information content (AvgIpc) is 2.67. The number of nitrogens with one attached hydrogen (secondary N) is 1. The fourth-order valence-corrected chi connectivity index (χ4v) is 3.89. The highest BCUT2D eigenvalue weighted by atomic mass is 15.2. The SMILES string of the molecule is CC(C)C(CNc1ncnc2nc(N)ccc12)N1CCc2ccccc2C1. The van der Waals surface area contributed by atoms with E-state index in [1.807, 2.05) is 6.07 Å². The number of nitrogen functional groups attached to an aromatic ring is 1. The molecule has 1 atom stereocenters. The molecule has 4 rings (SSSR count). The summed E-state index contributed by atoms with van der Waals surface area (Å²) in [7, 11) is 0. The van der Waals surface area contributed by atoms with Gasteiger partial charge >= 0.3 is 0 Å². The molecule has 3 aromatic rings. The molecule has 2 aromatic heterocycles. The normalized spacial score (nSPS) is 15.7. The average molecular weight is 362 g/mol. The molecular weight excluding hydrogens is 336 g/mol. The molecule has 1 aromatic carbocycles. The molecule has 6 heteroatoms. The van der Waals surface area contributed by atoms with Crippen LogP contribution in [0.5, 0.6) is 0 Å². The highest BCUT2D eigenvalue weighted by Crippen LogP contribution is 2.24. The van der Waals surface area contributed by atoms with Gasteiger partial charge in [-0.05, 0) is 35.6 Å². The van der Waals surface area contributed by atoms with Crippen molar-refractivity contribution >= 4 is 22.7 Å². The van der Waals surface area contributed by atoms with Gasteiger partial charge in [0.15, 0.2) is 5.65 Å². The van der Waals surface area contributed by atoms with Crippen LogP contribution in [0.15, 0.2) is 42.7 Å². The largest absolute Gasteiger partial charge is 0.384 e. The second-order valence-electron chi connectivity index (χ2n) is 7.51. The van der Waals surface area contributed by atoms with Gasteiger partial charge in [-0.15, -0.1) is 0 Å². The van der Waals surface area contributed by atoms with Gasteiger partial charge in [0.1, 0.15) is 18.0 Å². The number of hydrogen-bond donors (Lipinski definition) is 2. The predicted molar refractivity (Wildman–Crippen MR) is 109 cm³/mol. The summed E-state index contributed by atoms with van der Waals surface area (Å²) in [5.74, 6) is 1.82. The van der Waals surface area contributed by atoms with Gasteiger partial charge in [-0.3, -0.25) is 4.90 Å². The van der Waals surface area contributed by atoms with E-state index in [0.29, 0.717) is 23.4 Å². The van der Waals surface area contributed by atoms with Gasteiger partial charge in [-0.1, -0.05) is 38.1 Å². The maximum Gasteiger partial charge on any atom is 0.166 e. The second kappa shape index (κ2) is 7.48. The molecule has 1 unspecified atom stereocenters. The van der Waals surface area contributed by atoms with E-state index < -0.39 is 0 Å². The van der Waals surface area contributed by atoms with E-state index in [0.717, 1.165) is 37.3 Å². The van der Waals surface area contributed by atoms with Crippen molar-refractivity contribution in [1.82, 2.24) is 19.9 Å². The van der Waals surface area contributed by atoms with E-state index >= 15 is 0 Å². The fraction of sp³-hybridized carbons (Fsp3) is 0.381. The fourth-order valence-electron chi connectivity index (χ4n) is 3.89. The molecule has 3 N–H and O–H groups in total. The van der Waals surface area contributed by atoms with Crippen LogP contribution in [0.2, 0.25) is 0 Å². The van der Waals surface area contributed by atoms with E-state index in [1.54, 1.807) is 12.4 Å². The molecule has 140 valence electrons. The van der Waals surface area contributed by atoms with Crippen LogP contribution in [0.3, 0.4) is 0 Å². The van der Waals surface area contributed by atoms with Crippen LogP contribution in [0, 0.1) is 5.92 Å². The third-order valence-corrected chi connectivity index (χ3v) is 5.40. The van der Waals surface area contributed by atoms with Gasteiger partial charge < -0.3 is 11.1 Å². The van der Waals surface area contributed by atoms with Crippen molar-refractivity contribution in [3.8, 4) is 0 Å². The van der Waals surface area contributed by atoms with E-state index in [-0.39, 0.29) is 0 Å². The quantitative estimate of drug-likeness (QED) is 0.726. The lowest BCUT2D eigenvalue weighted by molar-refractivity contribution is 0.147. The Bertz CT molecular complexity index is 939. The van der Waals surface area contributed by atoms with E-state index in [4.69, 9.17) is 5.73 Å². The molecule has 0 aliphatic carbocycles. The molecule has 1 aliphatic heterocycles. The Balaban J connectivity index is 1.52. The zero-order valence-electron chi connectivity index (χ0n) is 15.9. The summed E-state index contributed by atoms with van der Waals surface area (Å²) in [6.45, 7) is 7.49. The van der Waals surface area contributed by atoms with Gasteiger partial charge in [-0.25, -0.2) is 15.0 Å². The van der Waals surface area contributed by atoms with Gasteiger partial charge in [0, 0.05) is 25.7 Å². The molecule has 3 heterocycles. The van der Waals surface area contributed by atoms with Crippen LogP contribution in [-0.2, 0) is 13.0 Å². The number of nitrogens with zero attached hydrogens (tertiary/aromatic N) is 4. The zero-order chi connectivity index (χ0) is 18.8. The van der Waals surface area contributed by atoms with Gasteiger partial charge in [0.2, 0.25) is 0 Å². The number of benzene rings is 1. The van der Waals surface area contributed by atoms with Crippen LogP contribution in [0.4, 0.5) is 11.6 Å². The molecule has 0 radical (unpaired) electrons. The van der Waals surface area contributed by atoms with Crippen LogP contribution in [-0.4, -0.2) is 39.0 Å². The van der Waals surface area contributed by atoms with Crippen LogP contribution >= 0.6 is 0 Å². The lowest BCUT2D eigenvalue weighted by Gasteiger charge is -2.38. The van der Waals surface area contributed by atoms with E-state index in [2.05, 4.69) is 63.3 Å². The maximum absolute atomic E-state index is 5.77. The number of pyridine rings is 1. The molecule has 6 nitrogen and oxygen atoms in total. The Morgan fingerprint density at radius 3 is 2.74 bits per heavy atom. The summed E-state index contributed by atoms with van der Waals surface area (Å²) in [5, 5.41) is 4.44. The molecule has 1 aliphatic rings. The van der Waals surface area contributed by atoms with Crippen molar-refractivity contribution in [1.29, 1.82) is 0 Å². The zero-order valence-corrected chi connectivity index (χ0v) is 15.9. The van der Waals surface area contributed by atoms with Crippen molar-refractivity contribution in [3.05, 3.63) is 53.9 Å². The van der Waals surface area contributed by atoms with Crippen LogP contribution in [0.1, 0.15) is 25.0 Å². The highest BCUT2D eigenvalue weighted by molar-refractivity contribution is 5.87. The van der Waals surface area contributed by atoms with Crippen molar-refractivity contribution in [2.45, 2.75) is 32.9 Å². The van der Waals surface area contributed by atoms with Crippen molar-refractivity contribution in [2.24, 2.45) is 5.92 Å². The van der Waals surface area contributed by atoms with Gasteiger partial charge in [0.05, 0.1) is 5.39 Å². The van der Waals surface area contributed by atoms with E-state index in [9.17, 15) is 0 Å². The first-order valence-electron chi connectivity index (χ1n) is 9.54. The number of rotatable bonds is 5. The summed E-state index contributed by atoms with van der Waals surface area (Å²) >= 11 is 0. The van der Waals surface area contributed by atoms with Crippen molar-refractivity contribution in [2.75, 3.05) is 24.1 Å². The third kappa shape index (κ3) is 3.71. The summed E-state index contributed by atoms with van der Waals surface area (Å²) in [4.78, 5) is 15.5. The third-order valence-electron chi connectivity index (χ3n) is 5.40. The highest BCUT2D eigenvalue weighted by Gasteiger charge is 2.25. The summed E-state index contributed by atoms with van der Waals surface area (Å²) in [6.07, 6.45) is 2.65. The van der Waals surface area contributed by atoms with Crippen molar-refractivity contribution in [3.63, 3.8) is 0 Å². The van der Waals surface area contributed by atoms with Gasteiger partial charge in [0.25, 0.3) is 0 Å². The summed E-state index contributed by atoms with van der Waals surface area (Å²) in [6, 6.07) is 12.9. The first kappa shape index (κ1) is 17.7. The Kier molecular flexibility index (Phi) is 4.90. The topological polar surface area (TPSA) is 80.0 Å². The Labute approximate surface area is 159 Å². The monoisotopic (exact) mass is 362 g/mol. The van der Waals surface area contributed by atoms with Crippen LogP contribution < -0.4 is 11.1 Å². The summed E-state index contributed by atoms with van der Waals surface area (Å²) in [5.41, 5.74) is 9.33. The Morgan fingerprint density at radius 2 is 1.93 bits per heavy atom. The predicted octanol–water partition coefficient (Wildman–Crippen LogP) is 3.10. The maximum atomic E-state index is 5.77. The molecule has 0 fully saturated rings. The lowest BCUT2D eigenvalue weighted by Crippen LogP contribution is -2.46. The lowest BCUT2D eigenvalue weighted by atomic mass is 9.95. The smallest absolute Gasteiger partial charge is 0.166 e. The summed E-state index contributed by atoms with van der Waals surface area (Å²) < 4.78 is 0. The first-order valence-corrected chi connectivity index (χ1v) is 9.54. The number of anilines is 2. The molecule has 0 amide bonds. The molecule has 27 heavy (non-hydrogen) atoms. The molecular formula is C21H26N6. The number of hydrogen-bond acceptors (Lipinski definition) is 6. The van der Waals surface area contributed by atoms with Crippen molar-refractivity contribution < 1.29 is 0 Å². The van der Waals surface area contributed by atoms with E-state index in [1.165, 1.54) is 11.1 Å². The van der Waals surface area contributed by atoms with Crippen LogP contribution in [0.25, 0.3) is 11.0 Å². The number of nitrogens with two attached hydrogens (primary N) is 1. The minimum absolute atomic E-state index is 0.421. The Hall–Kier alpha value is -2.73. The molecule has 0 spiro atoms. The Morgan fingerprint density at radius 1 is 1.11 bits per heavy atom. The minimum Gasteiger partial charge on any atom is -0.384 e.